The number of hydrogen-bond donors (Lipinski definition) is 0. The van der Waals surface area contributed by atoms with Crippen molar-refractivity contribution in [1.82, 2.24) is 9.88 Å². The second kappa shape index (κ2) is 10.6. The summed E-state index contributed by atoms with van der Waals surface area (Å²) in [5, 5.41) is 1.14. The Morgan fingerprint density at radius 2 is 1.73 bits per heavy atom. The number of thiazole rings is 1. The monoisotopic (exact) mass is 506 g/mol. The van der Waals surface area contributed by atoms with E-state index >= 15 is 0 Å². The number of hydrogen-bond acceptors (Lipinski definition) is 6. The summed E-state index contributed by atoms with van der Waals surface area (Å²) in [5.41, 5.74) is 1.63. The quantitative estimate of drug-likeness (QED) is 0.437. The Balaban J connectivity index is 0.00000306. The first-order chi connectivity index (χ1) is 15.3. The number of aromatic nitrogens is 1. The average molecular weight is 507 g/mol. The van der Waals surface area contributed by atoms with Crippen molar-refractivity contribution in [2.45, 2.75) is 19.3 Å². The number of nitrogens with zero attached hydrogens (tertiary/aromatic N) is 4. The summed E-state index contributed by atoms with van der Waals surface area (Å²) in [5.74, 6) is -0.624. The highest BCUT2D eigenvalue weighted by molar-refractivity contribution is 7.22. The van der Waals surface area contributed by atoms with Gasteiger partial charge < -0.3 is 4.90 Å². The van der Waals surface area contributed by atoms with Gasteiger partial charge in [0.25, 0.3) is 5.91 Å². The smallest absolute Gasteiger partial charge is 0.260 e. The van der Waals surface area contributed by atoms with E-state index in [2.05, 4.69) is 9.88 Å². The van der Waals surface area contributed by atoms with E-state index in [1.807, 2.05) is 26.2 Å². The van der Waals surface area contributed by atoms with E-state index in [9.17, 15) is 14.4 Å². The summed E-state index contributed by atoms with van der Waals surface area (Å²) in [6.07, 6.45) is 1.22. The van der Waals surface area contributed by atoms with Crippen molar-refractivity contribution in [3.05, 3.63) is 53.1 Å². The Labute approximate surface area is 207 Å². The topological polar surface area (TPSA) is 73.8 Å². The molecular formula is C23H24Cl2N4O3S. The van der Waals surface area contributed by atoms with Gasteiger partial charge in [-0.25, -0.2) is 4.98 Å². The number of para-hydroxylation sites is 1. The van der Waals surface area contributed by atoms with E-state index in [1.165, 1.54) is 16.2 Å². The van der Waals surface area contributed by atoms with Crippen molar-refractivity contribution in [3.63, 3.8) is 0 Å². The maximum atomic E-state index is 13.4. The number of imide groups is 1. The van der Waals surface area contributed by atoms with Crippen molar-refractivity contribution in [3.8, 4) is 0 Å². The van der Waals surface area contributed by atoms with Crippen LogP contribution in [-0.4, -0.2) is 54.8 Å². The molecule has 1 aliphatic heterocycles. The second-order valence-electron chi connectivity index (χ2n) is 7.87. The molecule has 0 atom stereocenters. The van der Waals surface area contributed by atoms with Gasteiger partial charge in [0.05, 0.1) is 15.4 Å². The van der Waals surface area contributed by atoms with Crippen molar-refractivity contribution < 1.29 is 14.4 Å². The van der Waals surface area contributed by atoms with Gasteiger partial charge in [-0.3, -0.25) is 24.2 Å². The second-order valence-corrected chi connectivity index (χ2v) is 9.28. The van der Waals surface area contributed by atoms with Gasteiger partial charge >= 0.3 is 0 Å². The molecule has 10 heteroatoms. The molecule has 3 aromatic rings. The summed E-state index contributed by atoms with van der Waals surface area (Å²) >= 11 is 7.72. The summed E-state index contributed by atoms with van der Waals surface area (Å²) in [7, 11) is 3.98. The predicted octanol–water partition coefficient (Wildman–Crippen LogP) is 4.62. The van der Waals surface area contributed by atoms with E-state index in [-0.39, 0.29) is 43.0 Å². The minimum atomic E-state index is -0.217. The predicted molar refractivity (Wildman–Crippen MR) is 135 cm³/mol. The maximum absolute atomic E-state index is 13.4. The van der Waals surface area contributed by atoms with Gasteiger partial charge in [0.2, 0.25) is 11.8 Å². The Morgan fingerprint density at radius 3 is 2.33 bits per heavy atom. The van der Waals surface area contributed by atoms with Gasteiger partial charge in [0.1, 0.15) is 5.52 Å². The third-order valence-corrected chi connectivity index (χ3v) is 6.59. The zero-order valence-electron chi connectivity index (χ0n) is 18.3. The number of benzene rings is 2. The van der Waals surface area contributed by atoms with Gasteiger partial charge in [-0.2, -0.15) is 0 Å². The Hall–Kier alpha value is -2.52. The van der Waals surface area contributed by atoms with Crippen molar-refractivity contribution in [2.75, 3.05) is 37.0 Å². The number of carbonyl (C=O) groups excluding carboxylic acids is 3. The van der Waals surface area contributed by atoms with Gasteiger partial charge in [-0.05, 0) is 63.5 Å². The van der Waals surface area contributed by atoms with Crippen molar-refractivity contribution >= 4 is 74.1 Å². The number of halogens is 2. The van der Waals surface area contributed by atoms with Crippen LogP contribution < -0.4 is 9.80 Å². The van der Waals surface area contributed by atoms with Crippen LogP contribution in [0.25, 0.3) is 10.2 Å². The van der Waals surface area contributed by atoms with Crippen molar-refractivity contribution in [2.24, 2.45) is 0 Å². The lowest BCUT2D eigenvalue weighted by Gasteiger charge is -2.21. The van der Waals surface area contributed by atoms with E-state index in [1.54, 1.807) is 35.2 Å². The van der Waals surface area contributed by atoms with Gasteiger partial charge in [0, 0.05) is 24.9 Å². The zero-order chi connectivity index (χ0) is 22.8. The summed E-state index contributed by atoms with van der Waals surface area (Å²) in [6, 6.07) is 12.2. The van der Waals surface area contributed by atoms with E-state index in [0.29, 0.717) is 33.5 Å². The zero-order valence-corrected chi connectivity index (χ0v) is 20.7. The third-order valence-electron chi connectivity index (χ3n) is 5.25. The molecule has 0 N–H and O–H groups in total. The van der Waals surface area contributed by atoms with Crippen LogP contribution in [0.3, 0.4) is 0 Å². The Bertz CT molecular complexity index is 1160. The highest BCUT2D eigenvalue weighted by Crippen LogP contribution is 2.33. The van der Waals surface area contributed by atoms with Crippen molar-refractivity contribution in [1.29, 1.82) is 0 Å². The van der Waals surface area contributed by atoms with Crippen LogP contribution in [0.15, 0.2) is 42.5 Å². The fraction of sp³-hybridized carbons (Fsp3) is 0.304. The molecule has 0 bridgehead atoms. The summed E-state index contributed by atoms with van der Waals surface area (Å²) in [6.45, 7) is 1.33. The molecule has 0 spiro atoms. The summed E-state index contributed by atoms with van der Waals surface area (Å²) < 4.78 is 0.916. The highest BCUT2D eigenvalue weighted by Gasteiger charge is 2.30. The molecular weight excluding hydrogens is 483 g/mol. The van der Waals surface area contributed by atoms with Gasteiger partial charge in [-0.15, -0.1) is 12.4 Å². The minimum absolute atomic E-state index is 0. The molecule has 3 amide bonds. The highest BCUT2D eigenvalue weighted by atomic mass is 35.5. The Kier molecular flexibility index (Phi) is 8.07. The van der Waals surface area contributed by atoms with Gasteiger partial charge in [-0.1, -0.05) is 29.0 Å². The number of rotatable bonds is 7. The molecule has 7 nitrogen and oxygen atoms in total. The number of amides is 3. The van der Waals surface area contributed by atoms with Crippen LogP contribution in [0, 0.1) is 0 Å². The van der Waals surface area contributed by atoms with Crippen LogP contribution in [-0.2, 0) is 9.59 Å². The molecule has 174 valence electrons. The number of carbonyl (C=O) groups is 3. The SMILES string of the molecule is CN(C)CCCN(C(=O)c1ccc(N2C(=O)CCC2=O)cc1)c1nc2c(Cl)cccc2s1.Cl. The lowest BCUT2D eigenvalue weighted by Crippen LogP contribution is -2.33. The maximum Gasteiger partial charge on any atom is 0.260 e. The lowest BCUT2D eigenvalue weighted by molar-refractivity contribution is -0.121. The lowest BCUT2D eigenvalue weighted by atomic mass is 10.1. The standard InChI is InChI=1S/C23H23ClN4O3S.ClH/c1-26(2)13-4-14-27(23-25-21-17(24)5-3-6-18(21)32-23)22(31)15-7-9-16(10-8-15)28-19(29)11-12-20(28)30;/h3,5-10H,4,11-14H2,1-2H3;1H. The van der Waals surface area contributed by atoms with Crippen LogP contribution in [0.5, 0.6) is 0 Å². The average Bonchev–Trinajstić information content (AvgIpc) is 3.34. The Morgan fingerprint density at radius 1 is 1.06 bits per heavy atom. The van der Waals surface area contributed by atoms with E-state index in [0.717, 1.165) is 17.7 Å². The summed E-state index contributed by atoms with van der Waals surface area (Å²) in [4.78, 5) is 47.0. The normalized spacial score (nSPS) is 13.6. The number of fused-ring (bicyclic) bond motifs is 1. The molecule has 1 saturated heterocycles. The molecule has 0 saturated carbocycles. The number of anilines is 2. The molecule has 2 heterocycles. The third kappa shape index (κ3) is 5.35. The van der Waals surface area contributed by atoms with Crippen LogP contribution in [0.1, 0.15) is 29.6 Å². The fourth-order valence-corrected chi connectivity index (χ4v) is 4.91. The molecule has 4 rings (SSSR count). The van der Waals surface area contributed by atoms with Crippen LogP contribution in [0.4, 0.5) is 10.8 Å². The molecule has 1 aliphatic rings. The van der Waals surface area contributed by atoms with Crippen LogP contribution in [0.2, 0.25) is 5.02 Å². The first kappa shape index (κ1) is 25.1. The molecule has 2 aromatic carbocycles. The molecule has 1 aromatic heterocycles. The van der Waals surface area contributed by atoms with E-state index < -0.39 is 0 Å². The minimum Gasteiger partial charge on any atom is -0.309 e. The first-order valence-corrected chi connectivity index (χ1v) is 11.5. The first-order valence-electron chi connectivity index (χ1n) is 10.3. The largest absolute Gasteiger partial charge is 0.309 e. The van der Waals surface area contributed by atoms with Gasteiger partial charge in [0.15, 0.2) is 5.13 Å². The van der Waals surface area contributed by atoms with E-state index in [4.69, 9.17) is 11.6 Å². The molecule has 0 radical (unpaired) electrons. The van der Waals surface area contributed by atoms with Crippen LogP contribution >= 0.6 is 35.3 Å². The molecule has 0 unspecified atom stereocenters. The fourth-order valence-electron chi connectivity index (χ4n) is 3.62. The molecule has 1 fully saturated rings. The molecule has 33 heavy (non-hydrogen) atoms. The molecule has 0 aliphatic carbocycles.